The Morgan fingerprint density at radius 2 is 2.28 bits per heavy atom. The van der Waals surface area contributed by atoms with E-state index in [9.17, 15) is 9.18 Å². The van der Waals surface area contributed by atoms with Crippen LogP contribution in [0.25, 0.3) is 0 Å². The summed E-state index contributed by atoms with van der Waals surface area (Å²) in [6.45, 7) is 2.56. The summed E-state index contributed by atoms with van der Waals surface area (Å²) in [5.74, 6) is -1.51. The molecule has 1 N–H and O–H groups in total. The molecule has 96 valence electrons. The number of hydrogen-bond donors (Lipinski definition) is 1. The number of nitrogens with zero attached hydrogens (tertiary/aromatic N) is 2. The highest BCUT2D eigenvalue weighted by Gasteiger charge is 2.13. The average molecular weight is 250 g/mol. The number of halogens is 1. The summed E-state index contributed by atoms with van der Waals surface area (Å²) in [5.41, 5.74) is 0.336. The Balaban J connectivity index is 2.87. The summed E-state index contributed by atoms with van der Waals surface area (Å²) < 4.78 is 13.8. The third kappa shape index (κ3) is 3.82. The lowest BCUT2D eigenvalue weighted by atomic mass is 10.1. The van der Waals surface area contributed by atoms with Crippen LogP contribution in [0.1, 0.15) is 24.5 Å². The number of rotatable bonds is 6. The van der Waals surface area contributed by atoms with Crippen LogP contribution < -0.4 is 0 Å². The fourth-order valence-electron chi connectivity index (χ4n) is 1.75. The maximum Gasteiger partial charge on any atom is 0.317 e. The monoisotopic (exact) mass is 250 g/mol. The highest BCUT2D eigenvalue weighted by Crippen LogP contribution is 2.14. The lowest BCUT2D eigenvalue weighted by molar-refractivity contribution is -0.138. The lowest BCUT2D eigenvalue weighted by Crippen LogP contribution is -2.30. The van der Waals surface area contributed by atoms with E-state index in [1.165, 1.54) is 6.07 Å². The fourth-order valence-corrected chi connectivity index (χ4v) is 1.75. The van der Waals surface area contributed by atoms with Crippen molar-refractivity contribution in [1.82, 2.24) is 4.90 Å². The van der Waals surface area contributed by atoms with Crippen molar-refractivity contribution in [2.75, 3.05) is 13.1 Å². The van der Waals surface area contributed by atoms with Crippen LogP contribution >= 0.6 is 0 Å². The Kier molecular flexibility index (Phi) is 5.28. The molecule has 1 aromatic rings. The van der Waals surface area contributed by atoms with E-state index in [4.69, 9.17) is 10.4 Å². The number of carboxylic acid groups (broad SMARTS) is 1. The van der Waals surface area contributed by atoms with Crippen LogP contribution in [-0.4, -0.2) is 29.1 Å². The molecule has 0 spiro atoms. The van der Waals surface area contributed by atoms with Gasteiger partial charge in [-0.15, -0.1) is 0 Å². The topological polar surface area (TPSA) is 64.3 Å². The molecule has 0 amide bonds. The van der Waals surface area contributed by atoms with Crippen LogP contribution in [0.15, 0.2) is 18.2 Å². The molecule has 0 atom stereocenters. The first-order chi connectivity index (χ1) is 8.58. The van der Waals surface area contributed by atoms with Crippen LogP contribution in [0.2, 0.25) is 0 Å². The number of nitriles is 1. The molecule has 0 radical (unpaired) electrons. The van der Waals surface area contributed by atoms with Gasteiger partial charge >= 0.3 is 5.97 Å². The molecule has 0 bridgehead atoms. The molecule has 0 aliphatic carbocycles. The third-order valence-electron chi connectivity index (χ3n) is 2.49. The molecular weight excluding hydrogens is 235 g/mol. The minimum Gasteiger partial charge on any atom is -0.480 e. The van der Waals surface area contributed by atoms with Gasteiger partial charge in [-0.2, -0.15) is 5.26 Å². The minimum absolute atomic E-state index is 0.0146. The van der Waals surface area contributed by atoms with E-state index in [-0.39, 0.29) is 18.7 Å². The predicted molar refractivity (Wildman–Crippen MR) is 64.3 cm³/mol. The van der Waals surface area contributed by atoms with Gasteiger partial charge in [-0.05, 0) is 19.0 Å². The number of carboxylic acids is 1. The summed E-state index contributed by atoms with van der Waals surface area (Å²) in [4.78, 5) is 12.3. The molecule has 0 heterocycles. The van der Waals surface area contributed by atoms with Crippen LogP contribution in [0, 0.1) is 17.1 Å². The lowest BCUT2D eigenvalue weighted by Gasteiger charge is -2.19. The van der Waals surface area contributed by atoms with E-state index in [0.29, 0.717) is 12.1 Å². The average Bonchev–Trinajstić information content (AvgIpc) is 2.31. The summed E-state index contributed by atoms with van der Waals surface area (Å²) in [6, 6.07) is 6.34. The number of benzene rings is 1. The van der Waals surface area contributed by atoms with Crippen molar-refractivity contribution >= 4 is 5.97 Å². The van der Waals surface area contributed by atoms with Gasteiger partial charge in [-0.25, -0.2) is 4.39 Å². The second kappa shape index (κ2) is 6.72. The zero-order chi connectivity index (χ0) is 13.5. The first-order valence-electron chi connectivity index (χ1n) is 5.70. The van der Waals surface area contributed by atoms with Crippen molar-refractivity contribution in [3.63, 3.8) is 0 Å². The second-order valence-corrected chi connectivity index (χ2v) is 3.99. The summed E-state index contributed by atoms with van der Waals surface area (Å²) in [6.07, 6.45) is 0.785. The minimum atomic E-state index is -0.944. The van der Waals surface area contributed by atoms with E-state index in [1.807, 2.05) is 6.92 Å². The van der Waals surface area contributed by atoms with Crippen molar-refractivity contribution in [3.05, 3.63) is 35.1 Å². The molecule has 1 aromatic carbocycles. The zero-order valence-electron chi connectivity index (χ0n) is 10.2. The molecule has 0 fully saturated rings. The first-order valence-corrected chi connectivity index (χ1v) is 5.70. The van der Waals surface area contributed by atoms with E-state index in [2.05, 4.69) is 0 Å². The first kappa shape index (κ1) is 14.1. The van der Waals surface area contributed by atoms with Gasteiger partial charge in [-0.1, -0.05) is 19.1 Å². The Bertz CT molecular complexity index is 469. The van der Waals surface area contributed by atoms with Crippen molar-refractivity contribution in [3.8, 4) is 6.07 Å². The van der Waals surface area contributed by atoms with Crippen molar-refractivity contribution in [2.24, 2.45) is 0 Å². The molecule has 18 heavy (non-hydrogen) atoms. The predicted octanol–water partition coefficient (Wildman–Crippen LogP) is 1.99. The normalized spacial score (nSPS) is 10.3. The number of hydrogen-bond acceptors (Lipinski definition) is 3. The summed E-state index contributed by atoms with van der Waals surface area (Å²) in [7, 11) is 0. The molecule has 5 heteroatoms. The molecule has 0 aliphatic rings. The van der Waals surface area contributed by atoms with Gasteiger partial charge in [0, 0.05) is 12.1 Å². The standard InChI is InChI=1S/C13H15FN2O2/c1-2-6-16(9-12(17)18)8-11-5-3-4-10(7-15)13(11)14/h3-5H,2,6,8-9H2,1H3,(H,17,18). The molecular formula is C13H15FN2O2. The molecule has 0 aliphatic heterocycles. The van der Waals surface area contributed by atoms with Crippen LogP contribution in [0.5, 0.6) is 0 Å². The van der Waals surface area contributed by atoms with Gasteiger partial charge in [0.2, 0.25) is 0 Å². The maximum atomic E-state index is 13.8. The van der Waals surface area contributed by atoms with Gasteiger partial charge in [0.15, 0.2) is 0 Å². The molecule has 0 saturated heterocycles. The fraction of sp³-hybridized carbons (Fsp3) is 0.385. The van der Waals surface area contributed by atoms with Gasteiger partial charge in [0.25, 0.3) is 0 Å². The summed E-state index contributed by atoms with van der Waals surface area (Å²) in [5, 5.41) is 17.5. The van der Waals surface area contributed by atoms with E-state index in [1.54, 1.807) is 23.1 Å². The highest BCUT2D eigenvalue weighted by atomic mass is 19.1. The molecule has 1 rings (SSSR count). The quantitative estimate of drug-likeness (QED) is 0.838. The molecule has 0 saturated carbocycles. The van der Waals surface area contributed by atoms with Crippen LogP contribution in [-0.2, 0) is 11.3 Å². The highest BCUT2D eigenvalue weighted by molar-refractivity contribution is 5.69. The Morgan fingerprint density at radius 1 is 1.56 bits per heavy atom. The smallest absolute Gasteiger partial charge is 0.317 e. The van der Waals surface area contributed by atoms with Crippen LogP contribution in [0.4, 0.5) is 4.39 Å². The maximum absolute atomic E-state index is 13.8. The SMILES string of the molecule is CCCN(CC(=O)O)Cc1cccc(C#N)c1F. The zero-order valence-corrected chi connectivity index (χ0v) is 10.2. The molecule has 0 aromatic heterocycles. The van der Waals surface area contributed by atoms with Crippen molar-refractivity contribution < 1.29 is 14.3 Å². The van der Waals surface area contributed by atoms with E-state index < -0.39 is 11.8 Å². The Hall–Kier alpha value is -1.93. The van der Waals surface area contributed by atoms with Gasteiger partial charge < -0.3 is 5.11 Å². The Labute approximate surface area is 105 Å². The van der Waals surface area contributed by atoms with Crippen LogP contribution in [0.3, 0.4) is 0 Å². The van der Waals surface area contributed by atoms with E-state index >= 15 is 0 Å². The number of aliphatic carboxylic acids is 1. The molecule has 4 nitrogen and oxygen atoms in total. The number of carbonyl (C=O) groups is 1. The second-order valence-electron chi connectivity index (χ2n) is 3.99. The van der Waals surface area contributed by atoms with Gasteiger partial charge in [0.1, 0.15) is 11.9 Å². The summed E-state index contributed by atoms with van der Waals surface area (Å²) >= 11 is 0. The molecule has 0 unspecified atom stereocenters. The largest absolute Gasteiger partial charge is 0.480 e. The third-order valence-corrected chi connectivity index (χ3v) is 2.49. The van der Waals surface area contributed by atoms with E-state index in [0.717, 1.165) is 6.42 Å². The Morgan fingerprint density at radius 3 is 2.83 bits per heavy atom. The van der Waals surface area contributed by atoms with Gasteiger partial charge in [-0.3, -0.25) is 9.69 Å². The van der Waals surface area contributed by atoms with Gasteiger partial charge in [0.05, 0.1) is 12.1 Å². The van der Waals surface area contributed by atoms with Crippen molar-refractivity contribution in [2.45, 2.75) is 19.9 Å². The van der Waals surface area contributed by atoms with Crippen molar-refractivity contribution in [1.29, 1.82) is 5.26 Å².